The Morgan fingerprint density at radius 1 is 1.45 bits per heavy atom. The molecule has 22 heavy (non-hydrogen) atoms. The van der Waals surface area contributed by atoms with Crippen molar-refractivity contribution in [3.05, 3.63) is 44.0 Å². The van der Waals surface area contributed by atoms with Gasteiger partial charge in [0, 0.05) is 7.11 Å². The van der Waals surface area contributed by atoms with Crippen LogP contribution in [0, 0.1) is 17.0 Å². The van der Waals surface area contributed by atoms with Crippen molar-refractivity contribution in [1.29, 1.82) is 0 Å². The largest absolute Gasteiger partial charge is 0.465 e. The number of nitro groups is 1. The number of hydrogen-bond acceptors (Lipinski definition) is 5. The summed E-state index contributed by atoms with van der Waals surface area (Å²) in [7, 11) is 1.53. The van der Waals surface area contributed by atoms with Gasteiger partial charge in [0.15, 0.2) is 12.5 Å². The molecule has 0 aliphatic heterocycles. The zero-order valence-electron chi connectivity index (χ0n) is 12.5. The van der Waals surface area contributed by atoms with Gasteiger partial charge in [0.25, 0.3) is 0 Å². The van der Waals surface area contributed by atoms with Gasteiger partial charge in [-0.15, -0.1) is 4.68 Å². The second kappa shape index (κ2) is 6.89. The first-order valence-corrected chi connectivity index (χ1v) is 7.42. The standard InChI is InChI=1S/C14H16BrN3O4/c1-4-10-5-9(2)6-12(22-8-21-3)13(10)17-7-11(15)14(16-17)18(19)20/h5-7H,4,8H2,1-3H3. The van der Waals surface area contributed by atoms with E-state index in [1.54, 1.807) is 6.20 Å². The second-order valence-electron chi connectivity index (χ2n) is 4.68. The van der Waals surface area contributed by atoms with Crippen LogP contribution in [0.5, 0.6) is 5.75 Å². The number of methoxy groups -OCH3 is 1. The topological polar surface area (TPSA) is 79.4 Å². The molecule has 0 aliphatic carbocycles. The molecular weight excluding hydrogens is 354 g/mol. The van der Waals surface area contributed by atoms with Crippen LogP contribution in [0.25, 0.3) is 5.69 Å². The molecule has 1 aromatic heterocycles. The summed E-state index contributed by atoms with van der Waals surface area (Å²) in [5.41, 5.74) is 2.70. The fourth-order valence-electron chi connectivity index (χ4n) is 2.16. The molecule has 0 N–H and O–H groups in total. The highest BCUT2D eigenvalue weighted by Crippen LogP contribution is 2.32. The Morgan fingerprint density at radius 2 is 2.18 bits per heavy atom. The van der Waals surface area contributed by atoms with Gasteiger partial charge in [-0.05, 0) is 51.4 Å². The van der Waals surface area contributed by atoms with E-state index in [-0.39, 0.29) is 12.6 Å². The van der Waals surface area contributed by atoms with Gasteiger partial charge in [-0.25, -0.2) is 0 Å². The normalized spacial score (nSPS) is 10.7. The number of ether oxygens (including phenoxy) is 2. The van der Waals surface area contributed by atoms with Crippen molar-refractivity contribution in [2.45, 2.75) is 20.3 Å². The van der Waals surface area contributed by atoms with Crippen molar-refractivity contribution >= 4 is 21.7 Å². The predicted molar refractivity (Wildman–Crippen MR) is 84.5 cm³/mol. The van der Waals surface area contributed by atoms with Gasteiger partial charge in [-0.1, -0.05) is 13.0 Å². The van der Waals surface area contributed by atoms with Crippen molar-refractivity contribution in [2.24, 2.45) is 0 Å². The van der Waals surface area contributed by atoms with Crippen LogP contribution in [-0.2, 0) is 11.2 Å². The van der Waals surface area contributed by atoms with Gasteiger partial charge in [0.2, 0.25) is 0 Å². The maximum atomic E-state index is 11.0. The van der Waals surface area contributed by atoms with Crippen molar-refractivity contribution in [1.82, 2.24) is 9.78 Å². The van der Waals surface area contributed by atoms with E-state index < -0.39 is 4.92 Å². The van der Waals surface area contributed by atoms with E-state index in [0.29, 0.717) is 15.9 Å². The third-order valence-electron chi connectivity index (χ3n) is 3.07. The fourth-order valence-corrected chi connectivity index (χ4v) is 2.58. The average molecular weight is 370 g/mol. The SMILES string of the molecule is CCc1cc(C)cc(OCOC)c1-n1cc(Br)c([N+](=O)[O-])n1. The highest BCUT2D eigenvalue weighted by atomic mass is 79.9. The van der Waals surface area contributed by atoms with E-state index in [1.807, 2.05) is 26.0 Å². The average Bonchev–Trinajstić information content (AvgIpc) is 2.85. The van der Waals surface area contributed by atoms with Gasteiger partial charge in [-0.2, -0.15) is 0 Å². The zero-order chi connectivity index (χ0) is 16.3. The molecule has 0 aliphatic rings. The van der Waals surface area contributed by atoms with Crippen LogP contribution in [0.2, 0.25) is 0 Å². The number of nitrogens with zero attached hydrogens (tertiary/aromatic N) is 3. The van der Waals surface area contributed by atoms with E-state index >= 15 is 0 Å². The summed E-state index contributed by atoms with van der Waals surface area (Å²) in [6.45, 7) is 4.06. The van der Waals surface area contributed by atoms with Crippen molar-refractivity contribution in [3.63, 3.8) is 0 Å². The Labute approximate surface area is 136 Å². The molecule has 2 aromatic rings. The summed E-state index contributed by atoms with van der Waals surface area (Å²) in [5, 5.41) is 15.0. The minimum atomic E-state index is -0.532. The predicted octanol–water partition coefficient (Wildman–Crippen LogP) is 3.40. The van der Waals surface area contributed by atoms with Crippen molar-refractivity contribution in [2.75, 3.05) is 13.9 Å². The lowest BCUT2D eigenvalue weighted by atomic mass is 10.1. The van der Waals surface area contributed by atoms with Gasteiger partial charge in [0.05, 0.1) is 11.3 Å². The first-order chi connectivity index (χ1) is 10.5. The van der Waals surface area contributed by atoms with Crippen LogP contribution < -0.4 is 4.74 Å². The molecule has 0 unspecified atom stereocenters. The van der Waals surface area contributed by atoms with E-state index in [2.05, 4.69) is 21.0 Å². The maximum absolute atomic E-state index is 11.0. The number of halogens is 1. The van der Waals surface area contributed by atoms with Crippen molar-refractivity contribution in [3.8, 4) is 11.4 Å². The molecule has 0 fully saturated rings. The highest BCUT2D eigenvalue weighted by Gasteiger charge is 2.23. The molecule has 7 nitrogen and oxygen atoms in total. The number of rotatable bonds is 6. The van der Waals surface area contributed by atoms with Crippen LogP contribution in [0.4, 0.5) is 5.82 Å². The molecular formula is C14H16BrN3O4. The lowest BCUT2D eigenvalue weighted by molar-refractivity contribution is -0.390. The fraction of sp³-hybridized carbons (Fsp3) is 0.357. The Kier molecular flexibility index (Phi) is 5.15. The van der Waals surface area contributed by atoms with E-state index in [1.165, 1.54) is 11.8 Å². The number of aryl methyl sites for hydroxylation is 2. The van der Waals surface area contributed by atoms with Gasteiger partial charge in [0.1, 0.15) is 10.2 Å². The molecule has 0 radical (unpaired) electrons. The quantitative estimate of drug-likeness (QED) is 0.442. The monoisotopic (exact) mass is 369 g/mol. The molecule has 0 spiro atoms. The van der Waals surface area contributed by atoms with Gasteiger partial charge >= 0.3 is 5.82 Å². The summed E-state index contributed by atoms with van der Waals surface area (Å²) in [6.07, 6.45) is 2.30. The molecule has 0 saturated heterocycles. The first kappa shape index (κ1) is 16.4. The van der Waals surface area contributed by atoms with E-state index in [9.17, 15) is 10.1 Å². The highest BCUT2D eigenvalue weighted by molar-refractivity contribution is 9.10. The van der Waals surface area contributed by atoms with Crippen LogP contribution in [0.3, 0.4) is 0 Å². The summed E-state index contributed by atoms with van der Waals surface area (Å²) in [6, 6.07) is 3.87. The summed E-state index contributed by atoms with van der Waals surface area (Å²) in [5.74, 6) is 0.337. The number of hydrogen-bond donors (Lipinski definition) is 0. The lowest BCUT2D eigenvalue weighted by Crippen LogP contribution is -2.08. The summed E-state index contributed by atoms with van der Waals surface area (Å²) >= 11 is 3.16. The maximum Gasteiger partial charge on any atom is 0.404 e. The Balaban J connectivity index is 2.61. The van der Waals surface area contributed by atoms with Crippen LogP contribution in [0.1, 0.15) is 18.1 Å². The zero-order valence-corrected chi connectivity index (χ0v) is 14.1. The van der Waals surface area contributed by atoms with E-state index in [0.717, 1.165) is 17.5 Å². The van der Waals surface area contributed by atoms with E-state index in [4.69, 9.17) is 9.47 Å². The minimum Gasteiger partial charge on any atom is -0.465 e. The Bertz CT molecular complexity index is 700. The first-order valence-electron chi connectivity index (χ1n) is 6.63. The molecule has 0 atom stereocenters. The summed E-state index contributed by atoms with van der Waals surface area (Å²) < 4.78 is 12.3. The van der Waals surface area contributed by atoms with Gasteiger partial charge < -0.3 is 19.6 Å². The summed E-state index contributed by atoms with van der Waals surface area (Å²) in [4.78, 5) is 10.4. The Hall–Kier alpha value is -1.93. The molecule has 1 heterocycles. The second-order valence-corrected chi connectivity index (χ2v) is 5.53. The lowest BCUT2D eigenvalue weighted by Gasteiger charge is -2.14. The number of benzene rings is 1. The molecule has 0 amide bonds. The third-order valence-corrected chi connectivity index (χ3v) is 3.62. The van der Waals surface area contributed by atoms with Crippen LogP contribution >= 0.6 is 15.9 Å². The molecule has 1 aromatic carbocycles. The molecule has 2 rings (SSSR count). The van der Waals surface area contributed by atoms with Crippen molar-refractivity contribution < 1.29 is 14.4 Å². The third kappa shape index (κ3) is 3.28. The molecule has 118 valence electrons. The van der Waals surface area contributed by atoms with Crippen LogP contribution in [-0.4, -0.2) is 28.6 Å². The Morgan fingerprint density at radius 3 is 2.73 bits per heavy atom. The smallest absolute Gasteiger partial charge is 0.404 e. The molecule has 0 saturated carbocycles. The molecule has 0 bridgehead atoms. The minimum absolute atomic E-state index is 0.0874. The van der Waals surface area contributed by atoms with Crippen LogP contribution in [0.15, 0.2) is 22.8 Å². The molecule has 8 heteroatoms. The van der Waals surface area contributed by atoms with Gasteiger partial charge in [-0.3, -0.25) is 0 Å². The number of aromatic nitrogens is 2.